The van der Waals surface area contributed by atoms with Crippen molar-refractivity contribution in [2.45, 2.75) is 90.5 Å². The Morgan fingerprint density at radius 1 is 0.702 bits per heavy atom. The Labute approximate surface area is 270 Å². The number of aliphatic hydroxyl groups is 1. The second kappa shape index (κ2) is 13.7. The summed E-state index contributed by atoms with van der Waals surface area (Å²) in [5.74, 6) is -9.92. The predicted molar refractivity (Wildman–Crippen MR) is 161 cm³/mol. The lowest BCUT2D eigenvalue weighted by atomic mass is 9.87. The zero-order valence-electron chi connectivity index (χ0n) is 26.7. The minimum absolute atomic E-state index is 0.0602. The Kier molecular flexibility index (Phi) is 10.1. The Hall–Kier alpha value is -5.20. The molecule has 0 amide bonds. The number of carbonyl (C=O) groups is 6. The Morgan fingerprint density at radius 2 is 1.15 bits per heavy atom. The van der Waals surface area contributed by atoms with E-state index in [-0.39, 0.29) is 61.0 Å². The van der Waals surface area contributed by atoms with E-state index in [1.165, 1.54) is 44.2 Å². The number of carbonyl (C=O) groups excluding carboxylic acids is 6. The van der Waals surface area contributed by atoms with Crippen LogP contribution in [0.5, 0.6) is 0 Å². The SMILES string of the molecule is C/C=C/C(C)=C/C=C1C(=O)OC2(CCC3(CC2)OC(=O)C(=CC=C(C)C=CC2=C(O)OC(C)(CCC(C)=O)OC2=O)C(=O)O3)OC1=O. The van der Waals surface area contributed by atoms with Gasteiger partial charge in [0, 0.05) is 45.4 Å². The van der Waals surface area contributed by atoms with E-state index < -0.39 is 53.2 Å². The molecule has 47 heavy (non-hydrogen) atoms. The van der Waals surface area contributed by atoms with E-state index in [0.29, 0.717) is 5.57 Å². The summed E-state index contributed by atoms with van der Waals surface area (Å²) in [4.78, 5) is 74.8. The van der Waals surface area contributed by atoms with Crippen molar-refractivity contribution in [1.29, 1.82) is 0 Å². The van der Waals surface area contributed by atoms with E-state index in [0.717, 1.165) is 5.57 Å². The Balaban J connectivity index is 1.37. The minimum Gasteiger partial charge on any atom is -0.480 e. The zero-order valence-corrected chi connectivity index (χ0v) is 26.7. The van der Waals surface area contributed by atoms with Crippen molar-refractivity contribution in [3.05, 3.63) is 82.4 Å². The molecule has 1 saturated carbocycles. The molecule has 13 nitrogen and oxygen atoms in total. The minimum atomic E-state index is -1.62. The number of hydrogen-bond donors (Lipinski definition) is 1. The quantitative estimate of drug-likeness (QED) is 0.128. The molecular weight excluding hydrogens is 616 g/mol. The predicted octanol–water partition coefficient (Wildman–Crippen LogP) is 4.46. The van der Waals surface area contributed by atoms with Gasteiger partial charge in [0.2, 0.25) is 0 Å². The Bertz CT molecular complexity index is 1560. The fraction of sp³-hybridized carbons (Fsp3) is 0.412. The van der Waals surface area contributed by atoms with Crippen LogP contribution >= 0.6 is 0 Å². The van der Waals surface area contributed by atoms with Crippen molar-refractivity contribution >= 4 is 35.6 Å². The molecule has 1 atom stereocenters. The molecule has 0 aromatic rings. The summed E-state index contributed by atoms with van der Waals surface area (Å²) in [6.45, 7) is 8.05. The van der Waals surface area contributed by atoms with Crippen LogP contribution in [0.4, 0.5) is 0 Å². The summed E-state index contributed by atoms with van der Waals surface area (Å²) in [7, 11) is 0. The molecule has 250 valence electrons. The number of rotatable bonds is 8. The van der Waals surface area contributed by atoms with Crippen LogP contribution in [-0.2, 0) is 57.2 Å². The highest BCUT2D eigenvalue weighted by molar-refractivity contribution is 6.16. The summed E-state index contributed by atoms with van der Waals surface area (Å²) in [6.07, 6.45) is 11.6. The van der Waals surface area contributed by atoms with Crippen LogP contribution in [0.25, 0.3) is 0 Å². The third-order valence-corrected chi connectivity index (χ3v) is 7.74. The molecule has 3 fully saturated rings. The number of esters is 5. The van der Waals surface area contributed by atoms with Crippen LogP contribution < -0.4 is 0 Å². The van der Waals surface area contributed by atoms with E-state index in [4.69, 9.17) is 28.4 Å². The van der Waals surface area contributed by atoms with Crippen LogP contribution in [0.3, 0.4) is 0 Å². The highest BCUT2D eigenvalue weighted by atomic mass is 16.8. The van der Waals surface area contributed by atoms with Gasteiger partial charge in [-0.3, -0.25) is 0 Å². The molecule has 1 unspecified atom stereocenters. The highest BCUT2D eigenvalue weighted by Gasteiger charge is 2.56. The van der Waals surface area contributed by atoms with Gasteiger partial charge in [0.05, 0.1) is 0 Å². The average molecular weight is 653 g/mol. The first-order valence-corrected chi connectivity index (χ1v) is 15.0. The first-order chi connectivity index (χ1) is 22.1. The summed E-state index contributed by atoms with van der Waals surface area (Å²) in [5, 5.41) is 10.3. The van der Waals surface area contributed by atoms with Gasteiger partial charge in [-0.15, -0.1) is 0 Å². The third-order valence-electron chi connectivity index (χ3n) is 7.74. The number of aliphatic hydroxyl groups excluding tert-OH is 1. The molecule has 4 rings (SSSR count). The monoisotopic (exact) mass is 652 g/mol. The lowest BCUT2D eigenvalue weighted by Crippen LogP contribution is -2.56. The summed E-state index contributed by atoms with van der Waals surface area (Å²) >= 11 is 0. The van der Waals surface area contributed by atoms with Crippen LogP contribution in [0, 0.1) is 0 Å². The molecule has 3 heterocycles. The maximum atomic E-state index is 12.9. The van der Waals surface area contributed by atoms with Crippen molar-refractivity contribution in [3.63, 3.8) is 0 Å². The maximum Gasteiger partial charge on any atom is 0.348 e. The molecular formula is C34H36O13. The van der Waals surface area contributed by atoms with E-state index in [2.05, 4.69) is 0 Å². The number of cyclic esters (lactones) is 1. The number of ether oxygens (including phenoxy) is 6. The van der Waals surface area contributed by atoms with Gasteiger partial charge >= 0.3 is 29.8 Å². The van der Waals surface area contributed by atoms with Gasteiger partial charge in [-0.25, -0.2) is 24.0 Å². The molecule has 0 radical (unpaired) electrons. The standard InChI is InChI=1S/C34H36O13/c1-6-7-20(2)8-11-24-28(38)44-33(45-29(24)39)16-18-34(19-17-33)46-30(40)25(31(41)47-34)13-10-21(3)9-12-23-26(36)42-32(5,43-27(23)37)15-14-22(4)35/h6-13,36H,14-19H2,1-5H3/b7-6+,12-9?,20-8+,21-10?,24-11?,25-13?. The molecule has 0 aromatic carbocycles. The lowest BCUT2D eigenvalue weighted by molar-refractivity contribution is -0.291. The molecule has 0 aromatic heterocycles. The fourth-order valence-corrected chi connectivity index (χ4v) is 5.08. The summed E-state index contributed by atoms with van der Waals surface area (Å²) in [6, 6.07) is 0. The first kappa shape index (κ1) is 34.7. The van der Waals surface area contributed by atoms with Crippen molar-refractivity contribution in [1.82, 2.24) is 0 Å². The molecule has 13 heteroatoms. The number of allylic oxidation sites excluding steroid dienone is 9. The Morgan fingerprint density at radius 3 is 1.55 bits per heavy atom. The topological polar surface area (TPSA) is 178 Å². The third kappa shape index (κ3) is 8.15. The number of ketones is 1. The van der Waals surface area contributed by atoms with Gasteiger partial charge in [-0.1, -0.05) is 41.5 Å². The van der Waals surface area contributed by atoms with Gasteiger partial charge < -0.3 is 38.3 Å². The molecule has 3 aliphatic heterocycles. The van der Waals surface area contributed by atoms with E-state index in [1.54, 1.807) is 26.0 Å². The second-order valence-corrected chi connectivity index (χ2v) is 11.7. The van der Waals surface area contributed by atoms with Crippen molar-refractivity contribution < 1.29 is 62.3 Å². The van der Waals surface area contributed by atoms with E-state index in [9.17, 15) is 33.9 Å². The normalized spacial score (nSPS) is 28.7. The number of Topliss-reactive ketones (excluding diaryl/α,β-unsaturated/α-hetero) is 1. The second-order valence-electron chi connectivity index (χ2n) is 11.7. The van der Waals surface area contributed by atoms with Gasteiger partial charge in [-0.05, 0) is 45.9 Å². The van der Waals surface area contributed by atoms with Gasteiger partial charge in [0.25, 0.3) is 23.3 Å². The smallest absolute Gasteiger partial charge is 0.348 e. The van der Waals surface area contributed by atoms with Crippen LogP contribution in [-0.4, -0.2) is 58.1 Å². The maximum absolute atomic E-state index is 12.9. The van der Waals surface area contributed by atoms with Crippen LogP contribution in [0.2, 0.25) is 0 Å². The molecule has 2 spiro atoms. The molecule has 2 saturated heterocycles. The molecule has 0 bridgehead atoms. The van der Waals surface area contributed by atoms with Gasteiger partial charge in [-0.2, -0.15) is 0 Å². The van der Waals surface area contributed by atoms with E-state index >= 15 is 0 Å². The van der Waals surface area contributed by atoms with Crippen molar-refractivity contribution in [3.8, 4) is 0 Å². The van der Waals surface area contributed by atoms with Gasteiger partial charge in [0.15, 0.2) is 0 Å². The number of hydrogen-bond acceptors (Lipinski definition) is 13. The molecule has 4 aliphatic rings. The zero-order chi connectivity index (χ0) is 34.6. The fourth-order valence-electron chi connectivity index (χ4n) is 5.08. The lowest BCUT2D eigenvalue weighted by Gasteiger charge is -2.46. The van der Waals surface area contributed by atoms with E-state index in [1.807, 2.05) is 13.0 Å². The first-order valence-electron chi connectivity index (χ1n) is 15.0. The molecule has 1 N–H and O–H groups in total. The van der Waals surface area contributed by atoms with Crippen molar-refractivity contribution in [2.24, 2.45) is 0 Å². The van der Waals surface area contributed by atoms with Crippen LogP contribution in [0.1, 0.15) is 73.1 Å². The highest BCUT2D eigenvalue weighted by Crippen LogP contribution is 2.45. The van der Waals surface area contributed by atoms with Gasteiger partial charge in [0.1, 0.15) is 22.5 Å². The molecule has 1 aliphatic carbocycles. The largest absolute Gasteiger partial charge is 0.480 e. The van der Waals surface area contributed by atoms with Crippen molar-refractivity contribution in [2.75, 3.05) is 0 Å². The van der Waals surface area contributed by atoms with Crippen LogP contribution in [0.15, 0.2) is 82.4 Å². The summed E-state index contributed by atoms with van der Waals surface area (Å²) in [5.41, 5.74) is 0.351. The average Bonchev–Trinajstić information content (AvgIpc) is 2.97. The summed E-state index contributed by atoms with van der Waals surface area (Å²) < 4.78 is 32.6.